The largest absolute Gasteiger partial charge is 0.480 e. The molecule has 1 fully saturated rings. The van der Waals surface area contributed by atoms with E-state index >= 15 is 0 Å². The number of aromatic nitrogens is 1. The molecule has 1 aliphatic rings. The molecule has 0 bridgehead atoms. The maximum absolute atomic E-state index is 11.4. The van der Waals surface area contributed by atoms with Crippen molar-refractivity contribution in [2.24, 2.45) is 0 Å². The number of hydrogen-bond donors (Lipinski definition) is 3. The van der Waals surface area contributed by atoms with Crippen molar-refractivity contribution in [1.82, 2.24) is 10.3 Å². The summed E-state index contributed by atoms with van der Waals surface area (Å²) in [6.07, 6.45) is 2.29. The maximum atomic E-state index is 11.4. The van der Waals surface area contributed by atoms with Gasteiger partial charge < -0.3 is 15.5 Å². The summed E-state index contributed by atoms with van der Waals surface area (Å²) in [6, 6.07) is 9.67. The summed E-state index contributed by atoms with van der Waals surface area (Å²) >= 11 is 0. The Balaban J connectivity index is 2.08. The van der Waals surface area contributed by atoms with Gasteiger partial charge in [-0.15, -0.1) is 0 Å². The van der Waals surface area contributed by atoms with Crippen LogP contribution in [0.2, 0.25) is 0 Å². The van der Waals surface area contributed by atoms with Gasteiger partial charge in [0.25, 0.3) is 0 Å². The Hall–Kier alpha value is -2.73. The first-order valence-corrected chi connectivity index (χ1v) is 7.32. The molecular formula is C17H16N2O4. The van der Waals surface area contributed by atoms with Crippen molar-refractivity contribution in [3.8, 4) is 11.3 Å². The van der Waals surface area contributed by atoms with Crippen molar-refractivity contribution in [2.75, 3.05) is 6.54 Å². The number of aromatic carboxylic acids is 1. The van der Waals surface area contributed by atoms with Crippen LogP contribution in [0.15, 0.2) is 42.6 Å². The predicted molar refractivity (Wildman–Crippen MR) is 83.4 cm³/mol. The van der Waals surface area contributed by atoms with Crippen LogP contribution >= 0.6 is 0 Å². The average Bonchev–Trinajstić information content (AvgIpc) is 3.05. The molecule has 6 heteroatoms. The number of hydrogen-bond acceptors (Lipinski definition) is 4. The number of rotatable bonds is 4. The van der Waals surface area contributed by atoms with Crippen LogP contribution in [-0.4, -0.2) is 39.7 Å². The van der Waals surface area contributed by atoms with Gasteiger partial charge in [0.1, 0.15) is 6.04 Å². The van der Waals surface area contributed by atoms with E-state index in [0.717, 1.165) is 0 Å². The summed E-state index contributed by atoms with van der Waals surface area (Å²) in [5.74, 6) is -2.22. The van der Waals surface area contributed by atoms with Gasteiger partial charge in [0.2, 0.25) is 0 Å². The second kappa shape index (κ2) is 6.18. The third-order valence-electron chi connectivity index (χ3n) is 4.08. The summed E-state index contributed by atoms with van der Waals surface area (Å²) in [5, 5.41) is 21.6. The summed E-state index contributed by atoms with van der Waals surface area (Å²) in [5.41, 5.74) is 2.19. The molecule has 0 amide bonds. The molecule has 1 saturated heterocycles. The third kappa shape index (κ3) is 3.07. The van der Waals surface area contributed by atoms with Crippen LogP contribution in [0.3, 0.4) is 0 Å². The molecule has 23 heavy (non-hydrogen) atoms. The van der Waals surface area contributed by atoms with Crippen LogP contribution in [0.25, 0.3) is 11.3 Å². The number of carboxylic acids is 2. The van der Waals surface area contributed by atoms with Crippen molar-refractivity contribution in [3.63, 3.8) is 0 Å². The highest BCUT2D eigenvalue weighted by molar-refractivity contribution is 5.90. The van der Waals surface area contributed by atoms with E-state index in [2.05, 4.69) is 10.3 Å². The summed E-state index contributed by atoms with van der Waals surface area (Å²) < 4.78 is 0. The molecule has 0 saturated carbocycles. The van der Waals surface area contributed by atoms with E-state index in [4.69, 9.17) is 0 Å². The SMILES string of the molecule is O=C(O)c1cc(-c2ccccn2)cc(C2CCNC2C(=O)O)c1. The van der Waals surface area contributed by atoms with Crippen LogP contribution in [0.1, 0.15) is 28.3 Å². The van der Waals surface area contributed by atoms with Gasteiger partial charge in [-0.1, -0.05) is 6.07 Å². The summed E-state index contributed by atoms with van der Waals surface area (Å²) in [6.45, 7) is 0.595. The maximum Gasteiger partial charge on any atom is 0.335 e. The first-order valence-electron chi connectivity index (χ1n) is 7.32. The highest BCUT2D eigenvalue weighted by atomic mass is 16.4. The Bertz CT molecular complexity index is 746. The van der Waals surface area contributed by atoms with Gasteiger partial charge in [-0.3, -0.25) is 9.78 Å². The lowest BCUT2D eigenvalue weighted by atomic mass is 9.89. The van der Waals surface area contributed by atoms with Gasteiger partial charge >= 0.3 is 11.9 Å². The van der Waals surface area contributed by atoms with Gasteiger partial charge in [0, 0.05) is 17.7 Å². The number of pyridine rings is 1. The van der Waals surface area contributed by atoms with Gasteiger partial charge in [-0.05, 0) is 48.9 Å². The zero-order valence-electron chi connectivity index (χ0n) is 12.3. The lowest BCUT2D eigenvalue weighted by Crippen LogP contribution is -2.34. The molecular weight excluding hydrogens is 296 g/mol. The highest BCUT2D eigenvalue weighted by Gasteiger charge is 2.34. The second-order valence-corrected chi connectivity index (χ2v) is 5.53. The van der Waals surface area contributed by atoms with Crippen molar-refractivity contribution in [1.29, 1.82) is 0 Å². The van der Waals surface area contributed by atoms with Crippen molar-refractivity contribution in [3.05, 3.63) is 53.7 Å². The van der Waals surface area contributed by atoms with E-state index in [1.165, 1.54) is 0 Å². The van der Waals surface area contributed by atoms with E-state index in [1.807, 2.05) is 12.1 Å². The lowest BCUT2D eigenvalue weighted by molar-refractivity contribution is -0.139. The molecule has 1 aliphatic heterocycles. The fraction of sp³-hybridized carbons (Fsp3) is 0.235. The zero-order chi connectivity index (χ0) is 16.4. The van der Waals surface area contributed by atoms with E-state index < -0.39 is 18.0 Å². The van der Waals surface area contributed by atoms with Crippen molar-refractivity contribution >= 4 is 11.9 Å². The number of nitrogens with zero attached hydrogens (tertiary/aromatic N) is 1. The Morgan fingerprint density at radius 2 is 2.00 bits per heavy atom. The number of aliphatic carboxylic acids is 1. The zero-order valence-corrected chi connectivity index (χ0v) is 12.3. The number of carbonyl (C=O) groups is 2. The number of nitrogens with one attached hydrogen (secondary N) is 1. The Morgan fingerprint density at radius 3 is 2.65 bits per heavy atom. The fourth-order valence-corrected chi connectivity index (χ4v) is 2.99. The molecule has 0 aliphatic carbocycles. The Kier molecular flexibility index (Phi) is 4.08. The smallest absolute Gasteiger partial charge is 0.335 e. The van der Waals surface area contributed by atoms with Crippen LogP contribution in [-0.2, 0) is 4.79 Å². The van der Waals surface area contributed by atoms with Crippen LogP contribution in [0, 0.1) is 0 Å². The summed E-state index contributed by atoms with van der Waals surface area (Å²) in [4.78, 5) is 27.0. The minimum Gasteiger partial charge on any atom is -0.480 e. The molecule has 2 aromatic rings. The van der Waals surface area contributed by atoms with Crippen LogP contribution in [0.4, 0.5) is 0 Å². The van der Waals surface area contributed by atoms with E-state index in [-0.39, 0.29) is 11.5 Å². The molecule has 0 radical (unpaired) electrons. The van der Waals surface area contributed by atoms with Gasteiger partial charge in [0.05, 0.1) is 11.3 Å². The fourth-order valence-electron chi connectivity index (χ4n) is 2.99. The normalized spacial score (nSPS) is 20.3. The summed E-state index contributed by atoms with van der Waals surface area (Å²) in [7, 11) is 0. The monoisotopic (exact) mass is 312 g/mol. The number of carboxylic acid groups (broad SMARTS) is 2. The van der Waals surface area contributed by atoms with Crippen molar-refractivity contribution in [2.45, 2.75) is 18.4 Å². The molecule has 3 N–H and O–H groups in total. The Morgan fingerprint density at radius 1 is 1.17 bits per heavy atom. The molecule has 1 aromatic carbocycles. The number of benzene rings is 1. The molecule has 1 aromatic heterocycles. The first-order chi connectivity index (χ1) is 11.1. The van der Waals surface area contributed by atoms with Crippen molar-refractivity contribution < 1.29 is 19.8 Å². The average molecular weight is 312 g/mol. The van der Waals surface area contributed by atoms with Gasteiger partial charge in [-0.25, -0.2) is 4.79 Å². The van der Waals surface area contributed by atoms with E-state index in [9.17, 15) is 19.8 Å². The molecule has 118 valence electrons. The molecule has 0 spiro atoms. The predicted octanol–water partition coefficient (Wildman–Crippen LogP) is 1.98. The standard InChI is InChI=1S/C17H16N2O4/c20-16(21)12-8-10(13-4-6-19-15(13)17(22)23)7-11(9-12)14-3-1-2-5-18-14/h1-3,5,7-9,13,15,19H,4,6H2,(H,20,21)(H,22,23). The van der Waals surface area contributed by atoms with E-state index in [0.29, 0.717) is 29.8 Å². The first kappa shape index (κ1) is 15.2. The van der Waals surface area contributed by atoms with Gasteiger partial charge in [0.15, 0.2) is 0 Å². The third-order valence-corrected chi connectivity index (χ3v) is 4.08. The molecule has 2 unspecified atom stereocenters. The topological polar surface area (TPSA) is 99.5 Å². The van der Waals surface area contributed by atoms with Crippen LogP contribution in [0.5, 0.6) is 0 Å². The quantitative estimate of drug-likeness (QED) is 0.798. The van der Waals surface area contributed by atoms with E-state index in [1.54, 1.807) is 30.5 Å². The molecule has 2 heterocycles. The van der Waals surface area contributed by atoms with Crippen LogP contribution < -0.4 is 5.32 Å². The second-order valence-electron chi connectivity index (χ2n) is 5.53. The Labute approximate surface area is 132 Å². The minimum absolute atomic E-state index is 0.138. The minimum atomic E-state index is -1.04. The lowest BCUT2D eigenvalue weighted by Gasteiger charge is -2.17. The van der Waals surface area contributed by atoms with Gasteiger partial charge in [-0.2, -0.15) is 0 Å². The molecule has 2 atom stereocenters. The highest BCUT2D eigenvalue weighted by Crippen LogP contribution is 2.32. The molecule has 3 rings (SSSR count). The molecule has 6 nitrogen and oxygen atoms in total.